The number of aromatic hydroxyl groups is 1. The zero-order valence-electron chi connectivity index (χ0n) is 8.11. The van der Waals surface area contributed by atoms with Gasteiger partial charge in [-0.15, -0.1) is 0 Å². The number of nitro groups is 2. The highest BCUT2D eigenvalue weighted by Gasteiger charge is 2.26. The number of nitro benzene ring substituents is 2. The van der Waals surface area contributed by atoms with E-state index in [4.69, 9.17) is 5.84 Å². The van der Waals surface area contributed by atoms with E-state index in [1.165, 1.54) is 0 Å². The highest BCUT2D eigenvalue weighted by atomic mass is 16.6. The molecule has 10 nitrogen and oxygen atoms in total. The lowest BCUT2D eigenvalue weighted by Crippen LogP contribution is -2.30. The van der Waals surface area contributed by atoms with E-state index in [1.807, 2.05) is 0 Å². The molecule has 1 rings (SSSR count). The molecule has 0 heterocycles. The second-order valence-corrected chi connectivity index (χ2v) is 2.85. The van der Waals surface area contributed by atoms with E-state index in [1.54, 1.807) is 5.43 Å². The molecule has 17 heavy (non-hydrogen) atoms. The second-order valence-electron chi connectivity index (χ2n) is 2.85. The normalized spacial score (nSPS) is 9.71. The Morgan fingerprint density at radius 2 is 1.88 bits per heavy atom. The molecule has 0 radical (unpaired) electrons. The Morgan fingerprint density at radius 3 is 2.29 bits per heavy atom. The van der Waals surface area contributed by atoms with Crippen LogP contribution in [0.5, 0.6) is 5.75 Å². The molecular formula is C7H6N4O6. The third-order valence-electron chi connectivity index (χ3n) is 1.86. The quantitative estimate of drug-likeness (QED) is 0.218. The molecule has 90 valence electrons. The van der Waals surface area contributed by atoms with Gasteiger partial charge in [-0.2, -0.15) is 0 Å². The summed E-state index contributed by atoms with van der Waals surface area (Å²) in [5.74, 6) is 2.72. The van der Waals surface area contributed by atoms with Gasteiger partial charge in [0.1, 0.15) is 0 Å². The molecule has 0 spiro atoms. The maximum absolute atomic E-state index is 11.1. The first-order chi connectivity index (χ1) is 7.88. The fourth-order valence-electron chi connectivity index (χ4n) is 1.10. The number of carbonyl (C=O) groups is 1. The van der Waals surface area contributed by atoms with E-state index < -0.39 is 38.4 Å². The Hall–Kier alpha value is -2.75. The Balaban J connectivity index is 3.54. The molecule has 4 N–H and O–H groups in total. The highest BCUT2D eigenvalue weighted by molar-refractivity contribution is 5.98. The van der Waals surface area contributed by atoms with Gasteiger partial charge in [0.2, 0.25) is 5.75 Å². The number of amides is 1. The standard InChI is InChI=1S/C7H6N4O6/c8-9-7(13)4-1-3(10(14)15)2-5(6(4)12)11(16)17/h1-2,12H,8H2,(H,9,13)/i8+1,9+1. The summed E-state index contributed by atoms with van der Waals surface area (Å²) in [6.45, 7) is 0. The summed E-state index contributed by atoms with van der Waals surface area (Å²) in [5.41, 5.74) is -0.682. The third-order valence-corrected chi connectivity index (χ3v) is 1.86. The van der Waals surface area contributed by atoms with Crippen molar-refractivity contribution in [1.82, 2.24) is 5.43 Å². The van der Waals surface area contributed by atoms with Crippen LogP contribution in [0.2, 0.25) is 0 Å². The van der Waals surface area contributed by atoms with Gasteiger partial charge in [-0.1, -0.05) is 0 Å². The zero-order chi connectivity index (χ0) is 13.2. The van der Waals surface area contributed by atoms with Crippen LogP contribution in [0.4, 0.5) is 11.4 Å². The van der Waals surface area contributed by atoms with Crippen molar-refractivity contribution in [3.63, 3.8) is 0 Å². The van der Waals surface area contributed by atoms with Crippen molar-refractivity contribution in [3.8, 4) is 5.75 Å². The first kappa shape index (κ1) is 12.3. The van der Waals surface area contributed by atoms with E-state index in [-0.39, 0.29) is 0 Å². The minimum absolute atomic E-state index is 0.544. The first-order valence-electron chi connectivity index (χ1n) is 4.05. The molecular weight excluding hydrogens is 238 g/mol. The topological polar surface area (TPSA) is 162 Å². The van der Waals surface area contributed by atoms with Gasteiger partial charge in [0.15, 0.2) is 0 Å². The van der Waals surface area contributed by atoms with Crippen LogP contribution in [0.15, 0.2) is 12.1 Å². The number of nitrogen functional groups attached to an aromatic ring is 1. The van der Waals surface area contributed by atoms with Crippen LogP contribution in [0.1, 0.15) is 10.4 Å². The summed E-state index contributed by atoms with van der Waals surface area (Å²) in [7, 11) is 0. The van der Waals surface area contributed by atoms with Crippen molar-refractivity contribution in [2.75, 3.05) is 0 Å². The van der Waals surface area contributed by atoms with E-state index >= 15 is 0 Å². The lowest BCUT2D eigenvalue weighted by Gasteiger charge is -2.03. The maximum atomic E-state index is 11.1. The van der Waals surface area contributed by atoms with Gasteiger partial charge in [0.05, 0.1) is 21.5 Å². The molecule has 0 aliphatic heterocycles. The molecule has 0 aromatic heterocycles. The van der Waals surface area contributed by atoms with Crippen molar-refractivity contribution < 1.29 is 19.7 Å². The number of hydrogen-bond donors (Lipinski definition) is 3. The number of nitrogens with two attached hydrogens (primary N) is 1. The fraction of sp³-hybridized carbons (Fsp3) is 0. The Morgan fingerprint density at radius 1 is 1.29 bits per heavy atom. The lowest BCUT2D eigenvalue weighted by molar-refractivity contribution is -0.394. The van der Waals surface area contributed by atoms with Crippen molar-refractivity contribution in [1.29, 1.82) is 0 Å². The number of carbonyl (C=O) groups excluding carboxylic acids is 1. The molecule has 0 aliphatic carbocycles. The predicted octanol–water partition coefficient (Wildman–Crippen LogP) is -0.188. The third kappa shape index (κ3) is 2.26. The molecule has 0 fully saturated rings. The van der Waals surface area contributed by atoms with Crippen molar-refractivity contribution in [3.05, 3.63) is 37.9 Å². The molecule has 1 aromatic rings. The van der Waals surface area contributed by atoms with Gasteiger partial charge >= 0.3 is 5.69 Å². The van der Waals surface area contributed by atoms with Crippen LogP contribution in [-0.4, -0.2) is 20.9 Å². The van der Waals surface area contributed by atoms with Gasteiger partial charge in [-0.3, -0.25) is 30.4 Å². The molecule has 0 aliphatic rings. The summed E-state index contributed by atoms with van der Waals surface area (Å²) < 4.78 is 0. The number of phenolic OH excluding ortho intramolecular Hbond substituents is 1. The number of nitrogens with one attached hydrogen (secondary N) is 1. The van der Waals surface area contributed by atoms with Crippen LogP contribution in [0.25, 0.3) is 0 Å². The van der Waals surface area contributed by atoms with Crippen LogP contribution < -0.4 is 11.3 Å². The SMILES string of the molecule is [15NH2][15NH]C(=O)c1cc([N+](=O)[O-])cc([N+](=O)[O-])c1O. The zero-order valence-corrected chi connectivity index (χ0v) is 8.11. The molecule has 10 heteroatoms. The number of hydrogen-bond acceptors (Lipinski definition) is 7. The van der Waals surface area contributed by atoms with Gasteiger partial charge in [-0.05, 0) is 0 Å². The molecule has 0 saturated carbocycles. The van der Waals surface area contributed by atoms with E-state index in [0.29, 0.717) is 12.1 Å². The first-order valence-corrected chi connectivity index (χ1v) is 4.05. The summed E-state index contributed by atoms with van der Waals surface area (Å²) in [6, 6.07) is 1.23. The van der Waals surface area contributed by atoms with Crippen molar-refractivity contribution in [2.24, 2.45) is 5.84 Å². The van der Waals surface area contributed by atoms with E-state index in [0.717, 1.165) is 0 Å². The summed E-state index contributed by atoms with van der Waals surface area (Å²) >= 11 is 0. The average Bonchev–Trinajstić information content (AvgIpc) is 2.27. The molecule has 1 amide bonds. The Bertz CT molecular complexity index is 513. The number of non-ortho nitro benzene ring substituents is 1. The van der Waals surface area contributed by atoms with Gasteiger partial charge in [-0.25, -0.2) is 5.84 Å². The van der Waals surface area contributed by atoms with E-state index in [2.05, 4.69) is 0 Å². The van der Waals surface area contributed by atoms with Crippen molar-refractivity contribution in [2.45, 2.75) is 0 Å². The van der Waals surface area contributed by atoms with Gasteiger partial charge in [0.25, 0.3) is 11.6 Å². The largest absolute Gasteiger partial charge is 0.502 e. The number of hydrazine groups is 1. The minimum atomic E-state index is -1.07. The van der Waals surface area contributed by atoms with E-state index in [9.17, 15) is 30.1 Å². The lowest BCUT2D eigenvalue weighted by atomic mass is 10.1. The van der Waals surface area contributed by atoms with Gasteiger partial charge < -0.3 is 5.11 Å². The van der Waals surface area contributed by atoms with Gasteiger partial charge in [0, 0.05) is 6.07 Å². The Kier molecular flexibility index (Phi) is 3.19. The molecule has 0 atom stereocenters. The monoisotopic (exact) mass is 244 g/mol. The minimum Gasteiger partial charge on any atom is -0.502 e. The smallest absolute Gasteiger partial charge is 0.318 e. The van der Waals surface area contributed by atoms with Crippen LogP contribution in [0.3, 0.4) is 0 Å². The molecule has 0 bridgehead atoms. The molecule has 0 unspecified atom stereocenters. The number of rotatable bonds is 3. The van der Waals surface area contributed by atoms with Crippen LogP contribution in [0, 0.1) is 20.2 Å². The average molecular weight is 244 g/mol. The predicted molar refractivity (Wildman–Crippen MR) is 53.1 cm³/mol. The van der Waals surface area contributed by atoms with Crippen molar-refractivity contribution >= 4 is 17.3 Å². The number of nitrogens with zero attached hydrogens (tertiary/aromatic N) is 2. The molecule has 1 aromatic carbocycles. The summed E-state index contributed by atoms with van der Waals surface area (Å²) in [4.78, 5) is 30.2. The molecule has 0 saturated heterocycles. The maximum Gasteiger partial charge on any atom is 0.318 e. The number of phenols is 1. The van der Waals surface area contributed by atoms with Crippen LogP contribution >= 0.6 is 0 Å². The Labute approximate surface area is 92.9 Å². The highest BCUT2D eigenvalue weighted by Crippen LogP contribution is 2.33. The number of benzene rings is 1. The second kappa shape index (κ2) is 4.40. The summed E-state index contributed by atoms with van der Waals surface area (Å²) in [6.07, 6.45) is 0. The van der Waals surface area contributed by atoms with Crippen LogP contribution in [-0.2, 0) is 0 Å². The summed E-state index contributed by atoms with van der Waals surface area (Å²) in [5, 5.41) is 30.4. The fourth-order valence-corrected chi connectivity index (χ4v) is 1.10.